The number of carbonyl (C=O) groups is 2. The topological polar surface area (TPSA) is 86.8 Å². The molecule has 1 heterocycles. The molecule has 2 aromatic rings. The molecule has 0 bridgehead atoms. The molecule has 7 nitrogen and oxygen atoms in total. The van der Waals surface area contributed by atoms with Gasteiger partial charge in [-0.3, -0.25) is 14.5 Å². The Hall–Kier alpha value is -2.78. The first kappa shape index (κ1) is 24.9. The van der Waals surface area contributed by atoms with Crippen LogP contribution in [0.2, 0.25) is 0 Å². The molecular weight excluding hydrogens is 445 g/mol. The normalized spacial score (nSPS) is 17.9. The van der Waals surface area contributed by atoms with E-state index in [1.165, 1.54) is 36.4 Å². The maximum absolute atomic E-state index is 13.4. The highest BCUT2D eigenvalue weighted by atomic mass is 32.2. The number of anilines is 1. The number of likely N-dealkylation sites (N-methyl/N-ethyl adjacent to an activating group) is 1. The molecule has 1 atom stereocenters. The van der Waals surface area contributed by atoms with Gasteiger partial charge < -0.3 is 5.32 Å². The molecule has 0 aliphatic carbocycles. The van der Waals surface area contributed by atoms with Crippen LogP contribution in [0.1, 0.15) is 49.7 Å². The van der Waals surface area contributed by atoms with E-state index >= 15 is 0 Å². The standard InChI is InChI=1S/C24H30FN3O4S/c1-5-27(6-2)21(17-7-11-19(25)12-8-17)15-26-22(29)18-9-13-20(14-10-18)28-23(30)24(3,4)16-33(28,31)32/h7-14,21H,5-6,15-16H2,1-4H3,(H,26,29). The third kappa shape index (κ3) is 5.25. The summed E-state index contributed by atoms with van der Waals surface area (Å²) in [5.41, 5.74) is 0.472. The van der Waals surface area contributed by atoms with Crippen molar-refractivity contribution in [2.45, 2.75) is 33.7 Å². The molecular formula is C24H30FN3O4S. The molecule has 0 saturated carbocycles. The summed E-state index contributed by atoms with van der Waals surface area (Å²) in [4.78, 5) is 27.5. The third-order valence-corrected chi connectivity index (χ3v) is 7.93. The lowest BCUT2D eigenvalue weighted by Gasteiger charge is -2.30. The minimum absolute atomic E-state index is 0.126. The van der Waals surface area contributed by atoms with E-state index in [9.17, 15) is 22.4 Å². The lowest BCUT2D eigenvalue weighted by molar-refractivity contribution is -0.123. The summed E-state index contributed by atoms with van der Waals surface area (Å²) in [7, 11) is -3.75. The second-order valence-electron chi connectivity index (χ2n) is 8.76. The number of halogens is 1. The average molecular weight is 476 g/mol. The number of carbonyl (C=O) groups excluding carboxylic acids is 2. The molecule has 0 spiro atoms. The van der Waals surface area contributed by atoms with Gasteiger partial charge in [-0.15, -0.1) is 0 Å². The van der Waals surface area contributed by atoms with E-state index in [0.29, 0.717) is 12.1 Å². The fourth-order valence-corrected chi connectivity index (χ4v) is 6.22. The predicted molar refractivity (Wildman–Crippen MR) is 126 cm³/mol. The Kier molecular flexibility index (Phi) is 7.23. The van der Waals surface area contributed by atoms with Crippen molar-refractivity contribution in [2.24, 2.45) is 5.41 Å². The summed E-state index contributed by atoms with van der Waals surface area (Å²) in [6.07, 6.45) is 0. The molecule has 1 aliphatic rings. The van der Waals surface area contributed by atoms with Crippen molar-refractivity contribution >= 4 is 27.5 Å². The van der Waals surface area contributed by atoms with Gasteiger partial charge in [-0.1, -0.05) is 26.0 Å². The Balaban J connectivity index is 1.74. The summed E-state index contributed by atoms with van der Waals surface area (Å²) in [5.74, 6) is -1.38. The van der Waals surface area contributed by atoms with Gasteiger partial charge in [0, 0.05) is 12.1 Å². The van der Waals surface area contributed by atoms with Crippen molar-refractivity contribution in [1.29, 1.82) is 0 Å². The van der Waals surface area contributed by atoms with Crippen molar-refractivity contribution < 1.29 is 22.4 Å². The van der Waals surface area contributed by atoms with Gasteiger partial charge in [0.25, 0.3) is 5.91 Å². The van der Waals surface area contributed by atoms with Crippen LogP contribution in [0.4, 0.5) is 10.1 Å². The fourth-order valence-electron chi connectivity index (χ4n) is 4.11. The van der Waals surface area contributed by atoms with Crippen LogP contribution in [-0.2, 0) is 14.8 Å². The largest absolute Gasteiger partial charge is 0.350 e. The maximum Gasteiger partial charge on any atom is 0.251 e. The van der Waals surface area contributed by atoms with E-state index < -0.39 is 21.3 Å². The van der Waals surface area contributed by atoms with Gasteiger partial charge in [0.1, 0.15) is 5.82 Å². The van der Waals surface area contributed by atoms with E-state index in [4.69, 9.17) is 0 Å². The van der Waals surface area contributed by atoms with Gasteiger partial charge in [0.15, 0.2) is 0 Å². The van der Waals surface area contributed by atoms with E-state index in [-0.39, 0.29) is 29.2 Å². The Morgan fingerprint density at radius 3 is 2.15 bits per heavy atom. The number of hydrogen-bond donors (Lipinski definition) is 1. The first-order valence-electron chi connectivity index (χ1n) is 11.0. The molecule has 9 heteroatoms. The third-order valence-electron chi connectivity index (χ3n) is 5.91. The molecule has 1 fully saturated rings. The number of benzene rings is 2. The maximum atomic E-state index is 13.4. The summed E-state index contributed by atoms with van der Waals surface area (Å²) in [6.45, 7) is 9.09. The van der Waals surface area contributed by atoms with Crippen LogP contribution >= 0.6 is 0 Å². The molecule has 33 heavy (non-hydrogen) atoms. The Morgan fingerprint density at radius 1 is 1.09 bits per heavy atom. The van der Waals surface area contributed by atoms with E-state index in [1.807, 2.05) is 13.8 Å². The lowest BCUT2D eigenvalue weighted by atomic mass is 9.95. The van der Waals surface area contributed by atoms with Crippen molar-refractivity contribution in [2.75, 3.05) is 29.7 Å². The smallest absolute Gasteiger partial charge is 0.251 e. The molecule has 1 unspecified atom stereocenters. The highest BCUT2D eigenvalue weighted by molar-refractivity contribution is 7.94. The minimum atomic E-state index is -3.75. The summed E-state index contributed by atoms with van der Waals surface area (Å²) < 4.78 is 39.1. The van der Waals surface area contributed by atoms with E-state index in [1.54, 1.807) is 26.0 Å². The number of nitrogens with zero attached hydrogens (tertiary/aromatic N) is 2. The van der Waals surface area contributed by atoms with Crippen LogP contribution < -0.4 is 9.62 Å². The summed E-state index contributed by atoms with van der Waals surface area (Å²) in [5, 5.41) is 2.92. The lowest BCUT2D eigenvalue weighted by Crippen LogP contribution is -2.38. The monoisotopic (exact) mass is 475 g/mol. The Morgan fingerprint density at radius 2 is 1.67 bits per heavy atom. The van der Waals surface area contributed by atoms with E-state index in [2.05, 4.69) is 10.2 Å². The number of nitrogens with one attached hydrogen (secondary N) is 1. The SMILES string of the molecule is CCN(CC)C(CNC(=O)c1ccc(N2C(=O)C(C)(C)CS2(=O)=O)cc1)c1ccc(F)cc1. The van der Waals surface area contributed by atoms with Crippen LogP contribution in [0.25, 0.3) is 0 Å². The van der Waals surface area contributed by atoms with Gasteiger partial charge in [-0.25, -0.2) is 17.1 Å². The zero-order valence-electron chi connectivity index (χ0n) is 19.3. The van der Waals surface area contributed by atoms with Crippen molar-refractivity contribution in [3.63, 3.8) is 0 Å². The van der Waals surface area contributed by atoms with Gasteiger partial charge >= 0.3 is 0 Å². The predicted octanol–water partition coefficient (Wildman–Crippen LogP) is 3.34. The number of hydrogen-bond acceptors (Lipinski definition) is 5. The highest BCUT2D eigenvalue weighted by Gasteiger charge is 2.49. The summed E-state index contributed by atoms with van der Waals surface area (Å²) >= 11 is 0. The Labute approximate surface area is 194 Å². The number of rotatable bonds is 8. The molecule has 2 amide bonds. The van der Waals surface area contributed by atoms with Gasteiger partial charge in [-0.05, 0) is 68.9 Å². The molecule has 178 valence electrons. The minimum Gasteiger partial charge on any atom is -0.350 e. The molecule has 2 aromatic carbocycles. The summed E-state index contributed by atoms with van der Waals surface area (Å²) in [6, 6.07) is 12.1. The highest BCUT2D eigenvalue weighted by Crippen LogP contribution is 2.35. The van der Waals surface area contributed by atoms with Gasteiger partial charge in [0.05, 0.1) is 22.9 Å². The zero-order chi connectivity index (χ0) is 24.4. The van der Waals surface area contributed by atoms with Crippen LogP contribution in [0.3, 0.4) is 0 Å². The Bertz CT molecular complexity index is 1110. The molecule has 0 radical (unpaired) electrons. The van der Waals surface area contributed by atoms with Gasteiger partial charge in [0.2, 0.25) is 15.9 Å². The number of amides is 2. The van der Waals surface area contributed by atoms with Crippen molar-refractivity contribution in [3.05, 3.63) is 65.5 Å². The molecule has 1 N–H and O–H groups in total. The first-order chi connectivity index (χ1) is 15.5. The molecule has 1 aliphatic heterocycles. The fraction of sp³-hybridized carbons (Fsp3) is 0.417. The van der Waals surface area contributed by atoms with Crippen molar-refractivity contribution in [1.82, 2.24) is 10.2 Å². The second-order valence-corrected chi connectivity index (χ2v) is 10.6. The van der Waals surface area contributed by atoms with E-state index in [0.717, 1.165) is 23.0 Å². The number of sulfonamides is 1. The average Bonchev–Trinajstić information content (AvgIpc) is 2.93. The van der Waals surface area contributed by atoms with Crippen LogP contribution in [-0.4, -0.2) is 50.5 Å². The first-order valence-corrected chi connectivity index (χ1v) is 12.6. The zero-order valence-corrected chi connectivity index (χ0v) is 20.2. The molecule has 3 rings (SSSR count). The molecule has 0 aromatic heterocycles. The molecule has 1 saturated heterocycles. The second kappa shape index (κ2) is 9.61. The van der Waals surface area contributed by atoms with Crippen LogP contribution in [0, 0.1) is 11.2 Å². The van der Waals surface area contributed by atoms with Crippen LogP contribution in [0.5, 0.6) is 0 Å². The quantitative estimate of drug-likeness (QED) is 0.633. The van der Waals surface area contributed by atoms with Crippen molar-refractivity contribution in [3.8, 4) is 0 Å². The van der Waals surface area contributed by atoms with Gasteiger partial charge in [-0.2, -0.15) is 0 Å². The van der Waals surface area contributed by atoms with Crippen LogP contribution in [0.15, 0.2) is 48.5 Å².